The van der Waals surface area contributed by atoms with E-state index in [1.165, 1.54) is 22.7 Å². The van der Waals surface area contributed by atoms with Gasteiger partial charge in [-0.1, -0.05) is 58.1 Å². The Morgan fingerprint density at radius 1 is 1.00 bits per heavy atom. The maximum Gasteiger partial charge on any atom is 0.0707 e. The summed E-state index contributed by atoms with van der Waals surface area (Å²) in [6, 6.07) is 14.0. The molecule has 1 heterocycles. The van der Waals surface area contributed by atoms with Gasteiger partial charge in [-0.05, 0) is 41.3 Å². The minimum atomic E-state index is -1.36. The van der Waals surface area contributed by atoms with E-state index in [1.54, 1.807) is 0 Å². The van der Waals surface area contributed by atoms with Gasteiger partial charge in [0.05, 0.1) is 13.8 Å². The molecule has 0 aliphatic heterocycles. The zero-order valence-electron chi connectivity index (χ0n) is 14.2. The van der Waals surface area contributed by atoms with Crippen molar-refractivity contribution in [3.05, 3.63) is 53.7 Å². The molecule has 0 unspecified atom stereocenters. The minimum absolute atomic E-state index is 0.401. The summed E-state index contributed by atoms with van der Waals surface area (Å²) < 4.78 is 0. The fraction of sp³-hybridized carbons (Fsp3) is 0.421. The molecule has 0 aliphatic rings. The molecule has 0 saturated heterocycles. The van der Waals surface area contributed by atoms with E-state index in [2.05, 4.69) is 76.1 Å². The van der Waals surface area contributed by atoms with Crippen LogP contribution >= 0.6 is 0 Å². The second-order valence-corrected chi connectivity index (χ2v) is 13.3. The third-order valence-corrected chi connectivity index (χ3v) is 10.3. The Hall–Kier alpha value is -1.41. The molecule has 0 radical (unpaired) electrons. The van der Waals surface area contributed by atoms with Gasteiger partial charge in [-0.25, -0.2) is 0 Å². The molecule has 1 nitrogen and oxygen atoms in total. The molecule has 0 bridgehead atoms. The summed E-state index contributed by atoms with van der Waals surface area (Å²) in [5.41, 5.74) is 5.22. The number of rotatable bonds is 3. The molecule has 1 aromatic heterocycles. The van der Waals surface area contributed by atoms with Crippen molar-refractivity contribution in [2.24, 2.45) is 0 Å². The van der Waals surface area contributed by atoms with Crippen molar-refractivity contribution in [3.8, 4) is 11.3 Å². The zero-order chi connectivity index (χ0) is 15.7. The Balaban J connectivity index is 2.49. The maximum absolute atomic E-state index is 4.58. The smallest absolute Gasteiger partial charge is 0.0707 e. The first-order valence-corrected chi connectivity index (χ1v) is 10.9. The van der Waals surface area contributed by atoms with Crippen LogP contribution in [0.1, 0.15) is 31.9 Å². The molecule has 1 aromatic carbocycles. The number of hydrogen-bond donors (Lipinski definition) is 0. The van der Waals surface area contributed by atoms with E-state index in [0.717, 1.165) is 5.69 Å². The standard InChI is InChI=1S/C19H27NSi/c1-15-10-9-11-16(14-21(5,6)19(2,3)4)18(15)17-12-7-8-13-20-17/h7-13H,14H2,1-6H3. The molecule has 0 aliphatic carbocycles. The first-order chi connectivity index (χ1) is 9.72. The molecule has 2 rings (SSSR count). The number of hydrogen-bond acceptors (Lipinski definition) is 1. The molecule has 2 heteroatoms. The maximum atomic E-state index is 4.58. The minimum Gasteiger partial charge on any atom is -0.256 e. The number of pyridine rings is 1. The Morgan fingerprint density at radius 2 is 1.71 bits per heavy atom. The monoisotopic (exact) mass is 297 g/mol. The van der Waals surface area contributed by atoms with Crippen LogP contribution in [-0.4, -0.2) is 13.1 Å². The molecule has 2 aromatic rings. The first kappa shape index (κ1) is 16.0. The van der Waals surface area contributed by atoms with E-state index in [0.29, 0.717) is 5.04 Å². The summed E-state index contributed by atoms with van der Waals surface area (Å²) >= 11 is 0. The van der Waals surface area contributed by atoms with Gasteiger partial charge in [0.15, 0.2) is 0 Å². The zero-order valence-corrected chi connectivity index (χ0v) is 15.2. The van der Waals surface area contributed by atoms with Crippen molar-refractivity contribution in [1.29, 1.82) is 0 Å². The average Bonchev–Trinajstić information content (AvgIpc) is 2.38. The van der Waals surface area contributed by atoms with E-state index >= 15 is 0 Å². The second-order valence-electron chi connectivity index (χ2n) is 7.63. The van der Waals surface area contributed by atoms with Crippen LogP contribution in [0.3, 0.4) is 0 Å². The van der Waals surface area contributed by atoms with Crippen molar-refractivity contribution in [2.45, 2.75) is 51.9 Å². The van der Waals surface area contributed by atoms with E-state index in [-0.39, 0.29) is 0 Å². The summed E-state index contributed by atoms with van der Waals surface area (Å²) in [7, 11) is -1.36. The van der Waals surface area contributed by atoms with Crippen molar-refractivity contribution in [3.63, 3.8) is 0 Å². The van der Waals surface area contributed by atoms with Gasteiger partial charge in [0, 0.05) is 11.8 Å². The molecule has 112 valence electrons. The predicted molar refractivity (Wildman–Crippen MR) is 95.3 cm³/mol. The van der Waals surface area contributed by atoms with E-state index < -0.39 is 8.07 Å². The lowest BCUT2D eigenvalue weighted by Crippen LogP contribution is -2.40. The second kappa shape index (κ2) is 5.76. The molecular formula is C19H27NSi. The van der Waals surface area contributed by atoms with Gasteiger partial charge in [-0.2, -0.15) is 0 Å². The van der Waals surface area contributed by atoms with Crippen molar-refractivity contribution in [1.82, 2.24) is 4.98 Å². The quantitative estimate of drug-likeness (QED) is 0.667. The van der Waals surface area contributed by atoms with E-state index in [9.17, 15) is 0 Å². The van der Waals surface area contributed by atoms with Gasteiger partial charge >= 0.3 is 0 Å². The summed E-state index contributed by atoms with van der Waals surface area (Å²) in [5, 5.41) is 0.401. The highest BCUT2D eigenvalue weighted by Gasteiger charge is 2.35. The third kappa shape index (κ3) is 3.43. The highest BCUT2D eigenvalue weighted by Crippen LogP contribution is 2.39. The number of aromatic nitrogens is 1. The van der Waals surface area contributed by atoms with Crippen LogP contribution < -0.4 is 0 Å². The molecule has 0 saturated carbocycles. The molecule has 21 heavy (non-hydrogen) atoms. The first-order valence-electron chi connectivity index (χ1n) is 7.72. The van der Waals surface area contributed by atoms with Crippen LogP contribution in [-0.2, 0) is 6.04 Å². The van der Waals surface area contributed by atoms with Crippen molar-refractivity contribution in [2.75, 3.05) is 0 Å². The fourth-order valence-corrected chi connectivity index (χ4v) is 4.27. The number of aryl methyl sites for hydroxylation is 1. The molecule has 0 amide bonds. The van der Waals surface area contributed by atoms with E-state index in [1.807, 2.05) is 12.3 Å². The van der Waals surface area contributed by atoms with Gasteiger partial charge < -0.3 is 0 Å². The van der Waals surface area contributed by atoms with Gasteiger partial charge in [-0.3, -0.25) is 4.98 Å². The van der Waals surface area contributed by atoms with E-state index in [4.69, 9.17) is 0 Å². The summed E-state index contributed by atoms with van der Waals surface area (Å²) in [5.74, 6) is 0. The fourth-order valence-electron chi connectivity index (χ4n) is 2.49. The molecule has 0 spiro atoms. The van der Waals surface area contributed by atoms with Crippen molar-refractivity contribution >= 4 is 8.07 Å². The molecular weight excluding hydrogens is 270 g/mol. The van der Waals surface area contributed by atoms with Gasteiger partial charge in [0.1, 0.15) is 0 Å². The van der Waals surface area contributed by atoms with Gasteiger partial charge in [0.2, 0.25) is 0 Å². The van der Waals surface area contributed by atoms with Crippen LogP contribution in [0.15, 0.2) is 42.6 Å². The van der Waals surface area contributed by atoms with Crippen LogP contribution in [0.5, 0.6) is 0 Å². The molecule has 0 fully saturated rings. The SMILES string of the molecule is Cc1cccc(C[Si](C)(C)C(C)(C)C)c1-c1ccccn1. The van der Waals surface area contributed by atoms with Gasteiger partial charge in [-0.15, -0.1) is 0 Å². The normalized spacial score (nSPS) is 12.5. The number of benzene rings is 1. The summed E-state index contributed by atoms with van der Waals surface area (Å²) in [4.78, 5) is 4.58. The Kier molecular flexibility index (Phi) is 4.38. The van der Waals surface area contributed by atoms with Crippen LogP contribution in [0.25, 0.3) is 11.3 Å². The Bertz CT molecular complexity index is 609. The van der Waals surface area contributed by atoms with Crippen LogP contribution in [0, 0.1) is 6.92 Å². The van der Waals surface area contributed by atoms with Crippen LogP contribution in [0.4, 0.5) is 0 Å². The predicted octanol–water partition coefficient (Wildman–Crippen LogP) is 5.65. The average molecular weight is 298 g/mol. The largest absolute Gasteiger partial charge is 0.256 e. The highest BCUT2D eigenvalue weighted by molar-refractivity contribution is 6.79. The lowest BCUT2D eigenvalue weighted by molar-refractivity contribution is 0.714. The summed E-state index contributed by atoms with van der Waals surface area (Å²) in [6.07, 6.45) is 1.89. The Morgan fingerprint density at radius 3 is 2.29 bits per heavy atom. The van der Waals surface area contributed by atoms with Crippen LogP contribution in [0.2, 0.25) is 18.1 Å². The number of nitrogens with zero attached hydrogens (tertiary/aromatic N) is 1. The third-order valence-electron chi connectivity index (χ3n) is 4.94. The van der Waals surface area contributed by atoms with Gasteiger partial charge in [0.25, 0.3) is 0 Å². The lowest BCUT2D eigenvalue weighted by atomic mass is 9.99. The lowest BCUT2D eigenvalue weighted by Gasteiger charge is -2.37. The Labute approximate surface area is 130 Å². The van der Waals surface area contributed by atoms with Crippen molar-refractivity contribution < 1.29 is 0 Å². The molecule has 0 atom stereocenters. The summed E-state index contributed by atoms with van der Waals surface area (Å²) in [6.45, 7) is 14.3. The molecule has 0 N–H and O–H groups in total. The topological polar surface area (TPSA) is 12.9 Å². The highest BCUT2D eigenvalue weighted by atomic mass is 28.3.